The highest BCUT2D eigenvalue weighted by Gasteiger charge is 2.61. The number of ether oxygens (including phenoxy) is 1. The first kappa shape index (κ1) is 33.9. The normalized spacial score (nSPS) is 26.3. The highest BCUT2D eigenvalue weighted by atomic mass is 35.5. The van der Waals surface area contributed by atoms with Crippen LogP contribution in [0.3, 0.4) is 0 Å². The van der Waals surface area contributed by atoms with Gasteiger partial charge in [-0.2, -0.15) is 8.42 Å². The van der Waals surface area contributed by atoms with E-state index in [-0.39, 0.29) is 17.1 Å². The highest BCUT2D eigenvalue weighted by Crippen LogP contribution is 2.45. The third-order valence-corrected chi connectivity index (χ3v) is 9.22. The molecule has 0 spiro atoms. The van der Waals surface area contributed by atoms with Crippen LogP contribution < -0.4 is 20.1 Å². The summed E-state index contributed by atoms with van der Waals surface area (Å²) in [5, 5.41) is 5.80. The number of carbonyl (C=O) groups is 4. The minimum Gasteiger partial charge on any atom is -0.444 e. The lowest BCUT2D eigenvalue weighted by Gasteiger charge is -2.30. The van der Waals surface area contributed by atoms with Crippen molar-refractivity contribution >= 4 is 62.9 Å². The topological polar surface area (TPSA) is 163 Å². The van der Waals surface area contributed by atoms with E-state index in [0.29, 0.717) is 43.7 Å². The SMILES string of the molecule is CC(C)(C)OC(=O)N[C@H]1CCCCCC=C[C@@H]2C[C@@]2(C(=O)NS(=O)(=O)Nc2ccc(Cl)cc2Cl)NC(=O)[C@@H]2CCCN2C1=O. The lowest BCUT2D eigenvalue weighted by Crippen LogP contribution is -2.58. The smallest absolute Gasteiger partial charge is 0.408 e. The third kappa shape index (κ3) is 8.57. The van der Waals surface area contributed by atoms with Gasteiger partial charge in [-0.1, -0.05) is 48.2 Å². The molecule has 1 aliphatic carbocycles. The van der Waals surface area contributed by atoms with Crippen LogP contribution in [-0.2, 0) is 29.3 Å². The Morgan fingerprint density at radius 1 is 1.09 bits per heavy atom. The first-order valence-corrected chi connectivity index (χ1v) is 16.9. The van der Waals surface area contributed by atoms with Crippen LogP contribution in [0.15, 0.2) is 30.4 Å². The molecule has 3 aliphatic rings. The lowest BCUT2D eigenvalue weighted by atomic mass is 10.0. The Hall–Kier alpha value is -3.03. The zero-order valence-corrected chi connectivity index (χ0v) is 27.3. The van der Waals surface area contributed by atoms with Gasteiger partial charge in [0.1, 0.15) is 23.2 Å². The number of hydrogen-bond acceptors (Lipinski definition) is 7. The molecule has 15 heteroatoms. The number of allylic oxidation sites excluding steroid dienone is 1. The van der Waals surface area contributed by atoms with Crippen LogP contribution in [0.1, 0.15) is 72.1 Å². The van der Waals surface area contributed by atoms with Gasteiger partial charge in [-0.3, -0.25) is 19.1 Å². The number of amides is 4. The molecule has 0 bridgehead atoms. The molecule has 2 heterocycles. The second-order valence-electron chi connectivity index (χ2n) is 12.4. The molecule has 1 aromatic carbocycles. The first-order valence-electron chi connectivity index (χ1n) is 14.7. The van der Waals surface area contributed by atoms with Crippen molar-refractivity contribution in [1.29, 1.82) is 0 Å². The van der Waals surface area contributed by atoms with Gasteiger partial charge in [-0.25, -0.2) is 9.52 Å². The molecular weight excluding hydrogens is 633 g/mol. The highest BCUT2D eigenvalue weighted by molar-refractivity contribution is 7.91. The summed E-state index contributed by atoms with van der Waals surface area (Å²) in [5.41, 5.74) is -2.27. The monoisotopic (exact) mass is 671 g/mol. The zero-order valence-electron chi connectivity index (χ0n) is 25.0. The van der Waals surface area contributed by atoms with Crippen LogP contribution in [0.5, 0.6) is 0 Å². The predicted molar refractivity (Wildman–Crippen MR) is 166 cm³/mol. The Labute approximate surface area is 267 Å². The van der Waals surface area contributed by atoms with Crippen LogP contribution in [0.4, 0.5) is 10.5 Å². The maximum atomic E-state index is 13.7. The summed E-state index contributed by atoms with van der Waals surface area (Å²) in [6.07, 6.45) is 7.42. The van der Waals surface area contributed by atoms with Crippen molar-refractivity contribution in [3.8, 4) is 0 Å². The van der Waals surface area contributed by atoms with Crippen molar-refractivity contribution in [1.82, 2.24) is 20.3 Å². The Kier molecular flexibility index (Phi) is 10.4. The summed E-state index contributed by atoms with van der Waals surface area (Å²) in [6.45, 7) is 5.48. The summed E-state index contributed by atoms with van der Waals surface area (Å²) < 4.78 is 35.4. The number of alkyl carbamates (subject to hydrolysis) is 1. The van der Waals surface area contributed by atoms with E-state index in [1.807, 2.05) is 16.9 Å². The molecule has 0 radical (unpaired) electrons. The van der Waals surface area contributed by atoms with Crippen LogP contribution in [-0.4, -0.2) is 66.9 Å². The van der Waals surface area contributed by atoms with Crippen LogP contribution in [0.2, 0.25) is 10.0 Å². The number of nitrogens with one attached hydrogen (secondary N) is 4. The van der Waals surface area contributed by atoms with Gasteiger partial charge >= 0.3 is 16.3 Å². The molecule has 1 saturated carbocycles. The maximum Gasteiger partial charge on any atom is 0.408 e. The lowest BCUT2D eigenvalue weighted by molar-refractivity contribution is -0.141. The third-order valence-electron chi connectivity index (χ3n) is 7.73. The molecule has 1 aromatic rings. The molecule has 2 fully saturated rings. The average Bonchev–Trinajstić information content (AvgIpc) is 3.37. The Bertz CT molecular complexity index is 1430. The number of benzene rings is 1. The quantitative estimate of drug-likeness (QED) is 0.343. The molecule has 242 valence electrons. The van der Waals surface area contributed by atoms with Gasteiger partial charge < -0.3 is 20.3 Å². The Morgan fingerprint density at radius 2 is 1.84 bits per heavy atom. The fraction of sp³-hybridized carbons (Fsp3) is 0.586. The van der Waals surface area contributed by atoms with E-state index in [0.717, 1.165) is 12.8 Å². The summed E-state index contributed by atoms with van der Waals surface area (Å²) in [4.78, 5) is 54.9. The van der Waals surface area contributed by atoms with E-state index in [9.17, 15) is 27.6 Å². The van der Waals surface area contributed by atoms with Crippen LogP contribution in [0.25, 0.3) is 0 Å². The zero-order chi connectivity index (χ0) is 32.3. The first-order chi connectivity index (χ1) is 20.6. The van der Waals surface area contributed by atoms with Gasteiger partial charge in [0.15, 0.2) is 0 Å². The molecule has 4 amide bonds. The minimum atomic E-state index is -4.44. The Morgan fingerprint density at radius 3 is 2.55 bits per heavy atom. The van der Waals surface area contributed by atoms with E-state index in [4.69, 9.17) is 27.9 Å². The van der Waals surface area contributed by atoms with Crippen molar-refractivity contribution in [2.75, 3.05) is 11.3 Å². The molecular formula is C29H39Cl2N5O7S. The maximum absolute atomic E-state index is 13.7. The number of halogens is 2. The number of hydrogen-bond donors (Lipinski definition) is 4. The fourth-order valence-corrected chi connectivity index (χ4v) is 6.96. The second kappa shape index (κ2) is 13.5. The number of fused-ring (bicyclic) bond motifs is 2. The van der Waals surface area contributed by atoms with Gasteiger partial charge in [-0.05, 0) is 77.5 Å². The van der Waals surface area contributed by atoms with Gasteiger partial charge in [0.05, 0.1) is 10.7 Å². The van der Waals surface area contributed by atoms with E-state index < -0.39 is 63.2 Å². The largest absolute Gasteiger partial charge is 0.444 e. The predicted octanol–water partition coefficient (Wildman–Crippen LogP) is 4.05. The van der Waals surface area contributed by atoms with E-state index in [1.165, 1.54) is 23.1 Å². The second-order valence-corrected chi connectivity index (χ2v) is 14.6. The van der Waals surface area contributed by atoms with Crippen molar-refractivity contribution in [3.63, 3.8) is 0 Å². The molecule has 0 aromatic heterocycles. The van der Waals surface area contributed by atoms with E-state index in [1.54, 1.807) is 20.8 Å². The van der Waals surface area contributed by atoms with Gasteiger partial charge in [0.25, 0.3) is 5.91 Å². The van der Waals surface area contributed by atoms with Gasteiger partial charge in [0, 0.05) is 17.5 Å². The number of anilines is 1. The van der Waals surface area contributed by atoms with E-state index in [2.05, 4.69) is 15.4 Å². The van der Waals surface area contributed by atoms with Gasteiger partial charge in [0.2, 0.25) is 11.8 Å². The fourth-order valence-electron chi connectivity index (χ4n) is 5.50. The average molecular weight is 673 g/mol. The molecule has 0 unspecified atom stereocenters. The number of rotatable bonds is 5. The standard InChI is InChI=1S/C29H39Cl2N5O7S/c1-28(2,3)43-27(40)32-22-11-8-6-4-5-7-10-18-17-29(18,33-24(37)23-12-9-15-36(23)25(22)38)26(39)35-44(41,42)34-21-14-13-19(30)16-20(21)31/h7,10,13-14,16,18,22-23,34H,4-6,8-9,11-12,15,17H2,1-3H3,(H,32,40)(H,33,37)(H,35,39)/t18-,22+,23+,29-/m1/s1. The summed E-state index contributed by atoms with van der Waals surface area (Å²) in [7, 11) is -4.44. The van der Waals surface area contributed by atoms with Crippen molar-refractivity contribution < 1.29 is 32.3 Å². The molecule has 4 rings (SSSR count). The Balaban J connectivity index is 1.54. The summed E-state index contributed by atoms with van der Waals surface area (Å²) in [6, 6.07) is 2.37. The van der Waals surface area contributed by atoms with Crippen molar-refractivity contribution in [2.24, 2.45) is 5.92 Å². The molecule has 1 saturated heterocycles. The summed E-state index contributed by atoms with van der Waals surface area (Å²) in [5.74, 6) is -2.33. The molecule has 12 nitrogen and oxygen atoms in total. The molecule has 2 aliphatic heterocycles. The molecule has 44 heavy (non-hydrogen) atoms. The summed E-state index contributed by atoms with van der Waals surface area (Å²) >= 11 is 12.0. The van der Waals surface area contributed by atoms with Crippen molar-refractivity contribution in [2.45, 2.75) is 95.4 Å². The number of carbonyl (C=O) groups excluding carboxylic acids is 4. The van der Waals surface area contributed by atoms with Gasteiger partial charge in [-0.15, -0.1) is 0 Å². The molecule has 4 atom stereocenters. The minimum absolute atomic E-state index is 0.0156. The van der Waals surface area contributed by atoms with Crippen LogP contribution >= 0.6 is 23.2 Å². The number of nitrogens with zero attached hydrogens (tertiary/aromatic N) is 1. The van der Waals surface area contributed by atoms with E-state index >= 15 is 0 Å². The van der Waals surface area contributed by atoms with Crippen LogP contribution in [0, 0.1) is 5.92 Å². The molecule has 4 N–H and O–H groups in total. The van der Waals surface area contributed by atoms with Crippen molar-refractivity contribution in [3.05, 3.63) is 40.4 Å².